The molecule has 0 aromatic carbocycles. The van der Waals surface area contributed by atoms with Gasteiger partial charge in [-0.25, -0.2) is 0 Å². The van der Waals surface area contributed by atoms with Gasteiger partial charge in [-0.2, -0.15) is 0 Å². The van der Waals surface area contributed by atoms with Crippen LogP contribution in [0.15, 0.2) is 23.8 Å². The van der Waals surface area contributed by atoms with E-state index in [9.17, 15) is 19.8 Å². The highest BCUT2D eigenvalue weighted by molar-refractivity contribution is 5.76. The normalized spacial score (nSPS) is 30.2. The maximum absolute atomic E-state index is 12.8. The van der Waals surface area contributed by atoms with Crippen LogP contribution in [0.5, 0.6) is 0 Å². The van der Waals surface area contributed by atoms with E-state index < -0.39 is 23.5 Å². The Morgan fingerprint density at radius 2 is 1.94 bits per heavy atom. The van der Waals surface area contributed by atoms with E-state index in [1.165, 1.54) is 5.57 Å². The van der Waals surface area contributed by atoms with Crippen molar-refractivity contribution in [3.05, 3.63) is 23.8 Å². The molecule has 6 heteroatoms. The molecule has 0 spiro atoms. The van der Waals surface area contributed by atoms with E-state index in [0.717, 1.165) is 19.3 Å². The lowest BCUT2D eigenvalue weighted by Crippen LogP contribution is -2.43. The molecular formula is C25H41NO5. The minimum Gasteiger partial charge on any atom is -0.461 e. The maximum atomic E-state index is 12.8. The van der Waals surface area contributed by atoms with Gasteiger partial charge in [0.1, 0.15) is 6.10 Å². The van der Waals surface area contributed by atoms with Gasteiger partial charge in [0.2, 0.25) is 5.91 Å². The van der Waals surface area contributed by atoms with Gasteiger partial charge in [0.05, 0.1) is 24.0 Å². The van der Waals surface area contributed by atoms with Crippen LogP contribution in [0.1, 0.15) is 73.1 Å². The van der Waals surface area contributed by atoms with Gasteiger partial charge in [0, 0.05) is 5.92 Å². The number of esters is 1. The Balaban J connectivity index is 2.12. The summed E-state index contributed by atoms with van der Waals surface area (Å²) in [6.45, 7) is 10.2. The quantitative estimate of drug-likeness (QED) is 0.455. The molecule has 1 amide bonds. The van der Waals surface area contributed by atoms with Crippen molar-refractivity contribution in [1.82, 2.24) is 0 Å². The second-order valence-electron chi connectivity index (χ2n) is 10.3. The summed E-state index contributed by atoms with van der Waals surface area (Å²) in [5, 5.41) is 20.3. The lowest BCUT2D eigenvalue weighted by Gasteiger charge is -2.44. The molecule has 0 radical (unpaired) electrons. The molecule has 0 heterocycles. The molecule has 4 N–H and O–H groups in total. The second-order valence-corrected chi connectivity index (χ2v) is 10.3. The molecule has 2 unspecified atom stereocenters. The standard InChI is InChI=1S/C25H41NO5/c1-6-25(4,5)24(30)31-21-12-15(2)11-17-8-7-16(3)20(23(17)21)10-9-18(27)13-19(28)14-22(26)29/h7-8,11,15-16,18-21,23,27-28H,6,9-10,12-14H2,1-5H3,(H2,26,29)/t15-,16-,18?,19?,20-,21-,23-/m0/s1. The number of rotatable bonds is 10. The Kier molecular flexibility index (Phi) is 8.90. The molecule has 0 saturated heterocycles. The fourth-order valence-electron chi connectivity index (χ4n) is 4.80. The Hall–Kier alpha value is -1.66. The Bertz CT molecular complexity index is 698. The van der Waals surface area contributed by atoms with Gasteiger partial charge in [-0.05, 0) is 69.3 Å². The van der Waals surface area contributed by atoms with Crippen molar-refractivity contribution in [2.45, 2.75) is 91.5 Å². The number of aliphatic hydroxyl groups is 2. The van der Waals surface area contributed by atoms with E-state index in [2.05, 4.69) is 32.1 Å². The molecule has 0 fully saturated rings. The van der Waals surface area contributed by atoms with Crippen LogP contribution < -0.4 is 5.73 Å². The maximum Gasteiger partial charge on any atom is 0.311 e. The summed E-state index contributed by atoms with van der Waals surface area (Å²) in [6.07, 6.45) is 7.62. The zero-order chi connectivity index (χ0) is 23.3. The van der Waals surface area contributed by atoms with E-state index in [1.54, 1.807) is 0 Å². The van der Waals surface area contributed by atoms with E-state index >= 15 is 0 Å². The first-order valence-electron chi connectivity index (χ1n) is 11.7. The van der Waals surface area contributed by atoms with Crippen molar-refractivity contribution in [1.29, 1.82) is 0 Å². The van der Waals surface area contributed by atoms with Crippen molar-refractivity contribution in [3.63, 3.8) is 0 Å². The summed E-state index contributed by atoms with van der Waals surface area (Å²) in [5.74, 6) is 0.242. The fraction of sp³-hybridized carbons (Fsp3) is 0.760. The average Bonchev–Trinajstić information content (AvgIpc) is 2.66. The van der Waals surface area contributed by atoms with E-state index in [1.807, 2.05) is 20.8 Å². The molecule has 31 heavy (non-hydrogen) atoms. The predicted molar refractivity (Wildman–Crippen MR) is 121 cm³/mol. The summed E-state index contributed by atoms with van der Waals surface area (Å²) < 4.78 is 6.11. The number of amides is 1. The van der Waals surface area contributed by atoms with E-state index in [4.69, 9.17) is 10.5 Å². The number of carbonyl (C=O) groups is 2. The topological polar surface area (TPSA) is 110 Å². The molecule has 176 valence electrons. The van der Waals surface area contributed by atoms with Gasteiger partial charge in [0.15, 0.2) is 0 Å². The fourth-order valence-corrected chi connectivity index (χ4v) is 4.80. The SMILES string of the molecule is CCC(C)(C)C(=O)O[C@H]1C[C@@H](C)C=C2C=C[C@H](C)[C@H](CCC(O)CC(O)CC(N)=O)[C@H]21. The van der Waals surface area contributed by atoms with Crippen LogP contribution in [0.4, 0.5) is 0 Å². The van der Waals surface area contributed by atoms with Crippen LogP contribution in [0.2, 0.25) is 0 Å². The number of nitrogens with two attached hydrogens (primary N) is 1. The minimum atomic E-state index is -0.924. The lowest BCUT2D eigenvalue weighted by atomic mass is 9.65. The van der Waals surface area contributed by atoms with Crippen molar-refractivity contribution in [3.8, 4) is 0 Å². The summed E-state index contributed by atoms with van der Waals surface area (Å²) in [7, 11) is 0. The first-order chi connectivity index (χ1) is 14.4. The zero-order valence-electron chi connectivity index (χ0n) is 19.7. The molecule has 0 saturated carbocycles. The first-order valence-corrected chi connectivity index (χ1v) is 11.7. The molecule has 6 nitrogen and oxygen atoms in total. The monoisotopic (exact) mass is 435 g/mol. The molecule has 0 aromatic heterocycles. The van der Waals surface area contributed by atoms with Crippen LogP contribution in [-0.4, -0.2) is 40.4 Å². The van der Waals surface area contributed by atoms with E-state index in [-0.39, 0.29) is 36.8 Å². The predicted octanol–water partition coefficient (Wildman–Crippen LogP) is 3.51. The summed E-state index contributed by atoms with van der Waals surface area (Å²) in [5.41, 5.74) is 5.83. The Morgan fingerprint density at radius 1 is 1.26 bits per heavy atom. The molecule has 2 rings (SSSR count). The first kappa shape index (κ1) is 25.6. The third-order valence-electron chi connectivity index (χ3n) is 7.10. The van der Waals surface area contributed by atoms with Crippen LogP contribution in [0, 0.1) is 29.1 Å². The highest BCUT2D eigenvalue weighted by atomic mass is 16.5. The number of aliphatic hydroxyl groups excluding tert-OH is 2. The number of primary amides is 1. The average molecular weight is 436 g/mol. The second kappa shape index (κ2) is 10.8. The summed E-state index contributed by atoms with van der Waals surface area (Å²) in [6, 6.07) is 0. The van der Waals surface area contributed by atoms with Gasteiger partial charge in [-0.15, -0.1) is 0 Å². The van der Waals surface area contributed by atoms with Crippen molar-refractivity contribution < 1.29 is 24.5 Å². The Labute approximate surface area is 186 Å². The van der Waals surface area contributed by atoms with Crippen molar-refractivity contribution in [2.75, 3.05) is 0 Å². The van der Waals surface area contributed by atoms with Crippen LogP contribution >= 0.6 is 0 Å². The van der Waals surface area contributed by atoms with Gasteiger partial charge >= 0.3 is 5.97 Å². The molecule has 0 aliphatic heterocycles. The van der Waals surface area contributed by atoms with Crippen molar-refractivity contribution >= 4 is 11.9 Å². The van der Waals surface area contributed by atoms with Gasteiger partial charge in [-0.1, -0.05) is 39.0 Å². The van der Waals surface area contributed by atoms with Gasteiger partial charge < -0.3 is 20.7 Å². The van der Waals surface area contributed by atoms with Gasteiger partial charge in [-0.3, -0.25) is 9.59 Å². The van der Waals surface area contributed by atoms with Gasteiger partial charge in [0.25, 0.3) is 0 Å². The molecule has 0 bridgehead atoms. The number of allylic oxidation sites excluding steroid dienone is 3. The molecule has 7 atom stereocenters. The molecule has 2 aliphatic carbocycles. The third-order valence-corrected chi connectivity index (χ3v) is 7.10. The number of carbonyl (C=O) groups excluding carboxylic acids is 2. The number of ether oxygens (including phenoxy) is 1. The number of hydrogen-bond donors (Lipinski definition) is 3. The third kappa shape index (κ3) is 6.91. The minimum absolute atomic E-state index is 0.107. The van der Waals surface area contributed by atoms with Crippen LogP contribution in [-0.2, 0) is 14.3 Å². The number of hydrogen-bond acceptors (Lipinski definition) is 5. The number of fused-ring (bicyclic) bond motifs is 1. The molecule has 0 aromatic rings. The Morgan fingerprint density at radius 3 is 2.55 bits per heavy atom. The van der Waals surface area contributed by atoms with E-state index in [0.29, 0.717) is 18.3 Å². The molecule has 2 aliphatic rings. The molecular weight excluding hydrogens is 394 g/mol. The highest BCUT2D eigenvalue weighted by Crippen LogP contribution is 2.45. The van der Waals surface area contributed by atoms with Crippen LogP contribution in [0.3, 0.4) is 0 Å². The van der Waals surface area contributed by atoms with Crippen LogP contribution in [0.25, 0.3) is 0 Å². The summed E-state index contributed by atoms with van der Waals surface area (Å²) >= 11 is 0. The van der Waals surface area contributed by atoms with Crippen molar-refractivity contribution in [2.24, 2.45) is 34.8 Å². The highest BCUT2D eigenvalue weighted by Gasteiger charge is 2.42. The smallest absolute Gasteiger partial charge is 0.311 e. The zero-order valence-corrected chi connectivity index (χ0v) is 19.7. The largest absolute Gasteiger partial charge is 0.461 e. The lowest BCUT2D eigenvalue weighted by molar-refractivity contribution is -0.164. The summed E-state index contributed by atoms with van der Waals surface area (Å²) in [4.78, 5) is 23.8.